The van der Waals surface area contributed by atoms with Crippen molar-refractivity contribution in [2.24, 2.45) is 5.92 Å². The Kier molecular flexibility index (Phi) is 5.69. The highest BCUT2D eigenvalue weighted by Gasteiger charge is 2.25. The number of amides is 1. The maximum atomic E-state index is 11.8. The molecule has 0 atom stereocenters. The summed E-state index contributed by atoms with van der Waals surface area (Å²) in [6, 6.07) is 0. The molecule has 15 heavy (non-hydrogen) atoms. The number of unbranched alkanes of at least 4 members (excludes halogenated alkanes) is 1. The normalized spacial score (nSPS) is 15.3. The smallest absolute Gasteiger partial charge is 0.222 e. The molecule has 0 aliphatic heterocycles. The second kappa shape index (κ2) is 6.83. The van der Waals surface area contributed by atoms with Crippen molar-refractivity contribution in [3.8, 4) is 0 Å². The van der Waals surface area contributed by atoms with Gasteiger partial charge in [0, 0.05) is 26.1 Å². The van der Waals surface area contributed by atoms with Gasteiger partial charge in [-0.05, 0) is 38.0 Å². The van der Waals surface area contributed by atoms with E-state index in [1.165, 1.54) is 12.8 Å². The molecule has 1 aliphatic carbocycles. The Labute approximate surface area is 92.5 Å². The van der Waals surface area contributed by atoms with E-state index in [2.05, 4.69) is 6.92 Å². The van der Waals surface area contributed by atoms with Crippen molar-refractivity contribution in [3.05, 3.63) is 0 Å². The monoisotopic (exact) mass is 213 g/mol. The Bertz CT molecular complexity index is 190. The Hall–Kier alpha value is -0.570. The molecule has 0 saturated heterocycles. The summed E-state index contributed by atoms with van der Waals surface area (Å²) in [6.45, 7) is 4.17. The fourth-order valence-electron chi connectivity index (χ4n) is 1.75. The van der Waals surface area contributed by atoms with Crippen molar-refractivity contribution >= 4 is 5.91 Å². The first-order valence-electron chi connectivity index (χ1n) is 6.16. The Morgan fingerprint density at radius 3 is 2.67 bits per heavy atom. The number of carbonyl (C=O) groups is 1. The zero-order valence-electron chi connectivity index (χ0n) is 9.74. The third-order valence-electron chi connectivity index (χ3n) is 2.82. The van der Waals surface area contributed by atoms with Gasteiger partial charge in [-0.2, -0.15) is 0 Å². The molecule has 1 saturated carbocycles. The van der Waals surface area contributed by atoms with Crippen molar-refractivity contribution in [3.63, 3.8) is 0 Å². The van der Waals surface area contributed by atoms with E-state index in [-0.39, 0.29) is 12.5 Å². The molecule has 3 heteroatoms. The van der Waals surface area contributed by atoms with Crippen LogP contribution in [0.4, 0.5) is 0 Å². The second-order valence-corrected chi connectivity index (χ2v) is 4.46. The lowest BCUT2D eigenvalue weighted by molar-refractivity contribution is -0.131. The van der Waals surface area contributed by atoms with Crippen LogP contribution in [0.3, 0.4) is 0 Å². The quantitative estimate of drug-likeness (QED) is 0.625. The summed E-state index contributed by atoms with van der Waals surface area (Å²) < 4.78 is 0. The highest BCUT2D eigenvalue weighted by molar-refractivity contribution is 5.76. The summed E-state index contributed by atoms with van der Waals surface area (Å²) in [7, 11) is 0. The van der Waals surface area contributed by atoms with Crippen molar-refractivity contribution in [2.75, 3.05) is 19.7 Å². The van der Waals surface area contributed by atoms with Crippen LogP contribution in [-0.4, -0.2) is 35.6 Å². The molecule has 0 heterocycles. The van der Waals surface area contributed by atoms with E-state index >= 15 is 0 Å². The van der Waals surface area contributed by atoms with Crippen LogP contribution in [0.5, 0.6) is 0 Å². The molecule has 0 aromatic carbocycles. The number of aliphatic hydroxyl groups excluding tert-OH is 1. The average molecular weight is 213 g/mol. The van der Waals surface area contributed by atoms with Gasteiger partial charge in [-0.25, -0.2) is 0 Å². The van der Waals surface area contributed by atoms with E-state index in [0.29, 0.717) is 6.42 Å². The molecule has 0 aromatic rings. The predicted molar refractivity (Wildman–Crippen MR) is 60.5 cm³/mol. The van der Waals surface area contributed by atoms with Crippen molar-refractivity contribution in [1.29, 1.82) is 0 Å². The van der Waals surface area contributed by atoms with Crippen molar-refractivity contribution in [1.82, 2.24) is 4.90 Å². The minimum absolute atomic E-state index is 0.198. The minimum atomic E-state index is 0.198. The topological polar surface area (TPSA) is 40.5 Å². The molecule has 0 radical (unpaired) electrons. The fraction of sp³-hybridized carbons (Fsp3) is 0.917. The van der Waals surface area contributed by atoms with Crippen molar-refractivity contribution < 1.29 is 9.90 Å². The third kappa shape index (κ3) is 5.17. The molecule has 0 bridgehead atoms. The van der Waals surface area contributed by atoms with Gasteiger partial charge >= 0.3 is 0 Å². The number of nitrogens with zero attached hydrogens (tertiary/aromatic N) is 1. The standard InChI is InChI=1S/C12H23NO2/c1-2-8-13(10-11-6-7-11)12(15)5-3-4-9-14/h11,14H,2-10H2,1H3. The first-order valence-corrected chi connectivity index (χ1v) is 6.16. The average Bonchev–Trinajstić information content (AvgIpc) is 3.01. The highest BCUT2D eigenvalue weighted by atomic mass is 16.3. The molecular weight excluding hydrogens is 190 g/mol. The molecule has 1 rings (SSSR count). The van der Waals surface area contributed by atoms with Crippen LogP contribution < -0.4 is 0 Å². The van der Waals surface area contributed by atoms with E-state index in [0.717, 1.165) is 38.3 Å². The third-order valence-corrected chi connectivity index (χ3v) is 2.82. The molecule has 1 amide bonds. The van der Waals surface area contributed by atoms with E-state index in [9.17, 15) is 4.79 Å². The first-order chi connectivity index (χ1) is 7.27. The second-order valence-electron chi connectivity index (χ2n) is 4.46. The number of hydrogen-bond donors (Lipinski definition) is 1. The van der Waals surface area contributed by atoms with Gasteiger partial charge in [0.05, 0.1) is 0 Å². The summed E-state index contributed by atoms with van der Waals surface area (Å²) >= 11 is 0. The lowest BCUT2D eigenvalue weighted by Crippen LogP contribution is -2.33. The van der Waals surface area contributed by atoms with Crippen LogP contribution in [0.2, 0.25) is 0 Å². The molecular formula is C12H23NO2. The van der Waals surface area contributed by atoms with Gasteiger partial charge in [0.1, 0.15) is 0 Å². The van der Waals surface area contributed by atoms with E-state index < -0.39 is 0 Å². The molecule has 1 N–H and O–H groups in total. The van der Waals surface area contributed by atoms with Gasteiger partial charge in [0.15, 0.2) is 0 Å². The van der Waals surface area contributed by atoms with Gasteiger partial charge in [-0.3, -0.25) is 4.79 Å². The van der Waals surface area contributed by atoms with Gasteiger partial charge < -0.3 is 10.0 Å². The predicted octanol–water partition coefficient (Wildman–Crippen LogP) is 1.80. The summed E-state index contributed by atoms with van der Waals surface area (Å²) in [6.07, 6.45) is 5.80. The number of rotatable bonds is 8. The van der Waals surface area contributed by atoms with Crippen LogP contribution in [0.15, 0.2) is 0 Å². The van der Waals surface area contributed by atoms with E-state index in [1.807, 2.05) is 4.90 Å². The molecule has 1 aliphatic rings. The van der Waals surface area contributed by atoms with Crippen LogP contribution in [0, 0.1) is 5.92 Å². The van der Waals surface area contributed by atoms with Crippen LogP contribution in [0.25, 0.3) is 0 Å². The largest absolute Gasteiger partial charge is 0.396 e. The number of hydrogen-bond acceptors (Lipinski definition) is 2. The maximum absolute atomic E-state index is 11.8. The molecule has 1 fully saturated rings. The summed E-state index contributed by atoms with van der Waals surface area (Å²) in [5.41, 5.74) is 0. The Morgan fingerprint density at radius 1 is 1.40 bits per heavy atom. The van der Waals surface area contributed by atoms with Crippen LogP contribution in [0.1, 0.15) is 45.4 Å². The summed E-state index contributed by atoms with van der Waals surface area (Å²) in [4.78, 5) is 13.8. The summed E-state index contributed by atoms with van der Waals surface area (Å²) in [5.74, 6) is 1.05. The van der Waals surface area contributed by atoms with E-state index in [1.54, 1.807) is 0 Å². The lowest BCUT2D eigenvalue weighted by Gasteiger charge is -2.22. The van der Waals surface area contributed by atoms with Gasteiger partial charge in [-0.15, -0.1) is 0 Å². The van der Waals surface area contributed by atoms with Gasteiger partial charge in [0.25, 0.3) is 0 Å². The number of carbonyl (C=O) groups excluding carboxylic acids is 1. The van der Waals surface area contributed by atoms with Crippen LogP contribution >= 0.6 is 0 Å². The number of aliphatic hydroxyl groups is 1. The minimum Gasteiger partial charge on any atom is -0.396 e. The Morgan fingerprint density at radius 2 is 2.13 bits per heavy atom. The molecule has 0 spiro atoms. The zero-order valence-corrected chi connectivity index (χ0v) is 9.74. The van der Waals surface area contributed by atoms with Crippen LogP contribution in [-0.2, 0) is 4.79 Å². The fourth-order valence-corrected chi connectivity index (χ4v) is 1.75. The SMILES string of the molecule is CCCN(CC1CC1)C(=O)CCCCO. The molecule has 3 nitrogen and oxygen atoms in total. The molecule has 0 unspecified atom stereocenters. The van der Waals surface area contributed by atoms with E-state index in [4.69, 9.17) is 5.11 Å². The van der Waals surface area contributed by atoms with Crippen molar-refractivity contribution in [2.45, 2.75) is 45.4 Å². The highest BCUT2D eigenvalue weighted by Crippen LogP contribution is 2.30. The maximum Gasteiger partial charge on any atom is 0.222 e. The lowest BCUT2D eigenvalue weighted by atomic mass is 10.2. The zero-order chi connectivity index (χ0) is 11.1. The molecule has 88 valence electrons. The van der Waals surface area contributed by atoms with Gasteiger partial charge in [0.2, 0.25) is 5.91 Å². The molecule has 0 aromatic heterocycles. The Balaban J connectivity index is 2.22. The van der Waals surface area contributed by atoms with Gasteiger partial charge in [-0.1, -0.05) is 6.92 Å². The summed E-state index contributed by atoms with van der Waals surface area (Å²) in [5, 5.41) is 8.65. The first kappa shape index (κ1) is 12.5.